The fraction of sp³-hybridized carbons (Fsp3) is 0.609. The molecule has 7 heteroatoms. The van der Waals surface area contributed by atoms with Crippen molar-refractivity contribution < 1.29 is 14.0 Å². The van der Waals surface area contributed by atoms with Crippen LogP contribution in [0.1, 0.15) is 64.2 Å². The van der Waals surface area contributed by atoms with E-state index in [0.717, 1.165) is 35.8 Å². The molecule has 0 spiro atoms. The molecule has 30 heavy (non-hydrogen) atoms. The molecule has 1 heterocycles. The third-order valence-electron chi connectivity index (χ3n) is 5.52. The van der Waals surface area contributed by atoms with Crippen molar-refractivity contribution in [3.8, 4) is 0 Å². The Morgan fingerprint density at radius 2 is 1.80 bits per heavy atom. The lowest BCUT2D eigenvalue weighted by molar-refractivity contribution is 0.0600. The van der Waals surface area contributed by atoms with Crippen LogP contribution in [-0.4, -0.2) is 39.4 Å². The van der Waals surface area contributed by atoms with Crippen molar-refractivity contribution >= 4 is 32.3 Å². The molecule has 0 N–H and O–H groups in total. The molecule has 168 valence electrons. The molecule has 1 aromatic carbocycles. The van der Waals surface area contributed by atoms with Crippen molar-refractivity contribution in [2.45, 2.75) is 72.6 Å². The van der Waals surface area contributed by atoms with Gasteiger partial charge in [-0.1, -0.05) is 45.7 Å². The first-order valence-electron chi connectivity index (χ1n) is 10.8. The van der Waals surface area contributed by atoms with Crippen molar-refractivity contribution in [1.82, 2.24) is 4.90 Å². The minimum atomic E-state index is -1.21. The Kier molecular flexibility index (Phi) is 8.05. The Labute approximate surface area is 188 Å². The van der Waals surface area contributed by atoms with Crippen LogP contribution in [0.4, 0.5) is 5.69 Å². The van der Waals surface area contributed by atoms with E-state index in [1.807, 2.05) is 24.3 Å². The molecule has 0 amide bonds. The van der Waals surface area contributed by atoms with E-state index in [2.05, 4.69) is 57.5 Å². The number of carbonyl (C=O) groups is 1. The highest BCUT2D eigenvalue weighted by molar-refractivity contribution is 6.48. The van der Waals surface area contributed by atoms with E-state index in [1.54, 1.807) is 0 Å². The van der Waals surface area contributed by atoms with Gasteiger partial charge in [0.15, 0.2) is 9.04 Å². The number of methoxy groups -OCH3 is 1. The average Bonchev–Trinajstić information content (AvgIpc) is 2.91. The van der Waals surface area contributed by atoms with Crippen LogP contribution >= 0.6 is 11.6 Å². The molecule has 1 aliphatic heterocycles. The first-order valence-corrected chi connectivity index (χ1v) is 13.9. The molecule has 1 atom stereocenters. The summed E-state index contributed by atoms with van der Waals surface area (Å²) in [7, 11) is 0.187. The quantitative estimate of drug-likeness (QED) is 0.278. The molecular formula is C23H37ClN2O3Si. The molecule has 0 saturated carbocycles. The summed E-state index contributed by atoms with van der Waals surface area (Å²) in [5.74, 6) is -0.335. The van der Waals surface area contributed by atoms with E-state index < -0.39 is 9.04 Å². The molecule has 5 nitrogen and oxygen atoms in total. The topological polar surface area (TPSA) is 42.0 Å². The molecule has 0 aliphatic carbocycles. The zero-order valence-corrected chi connectivity index (χ0v) is 21.6. The number of hydrogen-bond acceptors (Lipinski definition) is 5. The second kappa shape index (κ2) is 9.75. The number of unbranched alkanes of at least 4 members (excludes halogenated alkanes) is 1. The zero-order chi connectivity index (χ0) is 22.7. The Morgan fingerprint density at radius 1 is 1.20 bits per heavy atom. The summed E-state index contributed by atoms with van der Waals surface area (Å²) in [4.78, 5) is 16.5. The highest BCUT2D eigenvalue weighted by atomic mass is 35.5. The second-order valence-electron chi connectivity index (χ2n) is 9.36. The van der Waals surface area contributed by atoms with Gasteiger partial charge in [-0.05, 0) is 57.1 Å². The number of rotatable bonds is 8. The minimum Gasteiger partial charge on any atom is -0.465 e. The molecular weight excluding hydrogens is 416 g/mol. The lowest BCUT2D eigenvalue weighted by atomic mass is 9.90. The first kappa shape index (κ1) is 24.8. The molecule has 0 saturated heterocycles. The largest absolute Gasteiger partial charge is 0.465 e. The summed E-state index contributed by atoms with van der Waals surface area (Å²) in [6.07, 6.45) is 3.12. The third-order valence-corrected chi connectivity index (χ3v) is 6.72. The van der Waals surface area contributed by atoms with Crippen LogP contribution in [0.2, 0.25) is 13.1 Å². The van der Waals surface area contributed by atoms with Crippen molar-refractivity contribution in [3.05, 3.63) is 40.7 Å². The van der Waals surface area contributed by atoms with Crippen molar-refractivity contribution in [2.24, 2.45) is 5.41 Å². The fourth-order valence-corrected chi connectivity index (χ4v) is 4.93. The predicted molar refractivity (Wildman–Crippen MR) is 127 cm³/mol. The number of esters is 1. The Balaban J connectivity index is 2.59. The molecule has 1 aromatic rings. The lowest BCUT2D eigenvalue weighted by Gasteiger charge is -2.46. The standard InChI is InChI=1S/C23H37ClN2O3Si/c1-9-10-15-23(5)25(16-29-30(7)8)20(24)19(22(2,3)4)26(23)18-13-11-17(12-14-18)21(27)28-6/h11-14,30H,9-10,15-16H2,1-8H3. The van der Waals surface area contributed by atoms with E-state index in [-0.39, 0.29) is 17.0 Å². The van der Waals surface area contributed by atoms with E-state index >= 15 is 0 Å². The van der Waals surface area contributed by atoms with E-state index in [1.165, 1.54) is 7.11 Å². The molecule has 0 fully saturated rings. The van der Waals surface area contributed by atoms with Gasteiger partial charge in [-0.3, -0.25) is 0 Å². The lowest BCUT2D eigenvalue weighted by Crippen LogP contribution is -2.54. The van der Waals surface area contributed by atoms with Gasteiger partial charge in [-0.2, -0.15) is 0 Å². The van der Waals surface area contributed by atoms with Crippen LogP contribution in [0.25, 0.3) is 0 Å². The molecule has 0 aromatic heterocycles. The van der Waals surface area contributed by atoms with Gasteiger partial charge in [0.1, 0.15) is 17.5 Å². The van der Waals surface area contributed by atoms with Gasteiger partial charge in [0.05, 0.1) is 18.4 Å². The molecule has 0 radical (unpaired) electrons. The summed E-state index contributed by atoms with van der Waals surface area (Å²) in [6.45, 7) is 15.8. The first-order chi connectivity index (χ1) is 14.0. The average molecular weight is 453 g/mol. The van der Waals surface area contributed by atoms with E-state index in [0.29, 0.717) is 12.3 Å². The Bertz CT molecular complexity index is 774. The summed E-state index contributed by atoms with van der Waals surface area (Å²) in [6, 6.07) is 7.59. The Morgan fingerprint density at radius 3 is 2.27 bits per heavy atom. The van der Waals surface area contributed by atoms with Gasteiger partial charge in [-0.25, -0.2) is 4.79 Å². The second-order valence-corrected chi connectivity index (χ2v) is 12.1. The van der Waals surface area contributed by atoms with Gasteiger partial charge >= 0.3 is 5.97 Å². The zero-order valence-electron chi connectivity index (χ0n) is 19.7. The van der Waals surface area contributed by atoms with Crippen LogP contribution < -0.4 is 4.90 Å². The number of carbonyl (C=O) groups excluding carboxylic acids is 1. The summed E-state index contributed by atoms with van der Waals surface area (Å²) >= 11 is 7.05. The highest BCUT2D eigenvalue weighted by Gasteiger charge is 2.50. The number of hydrogen-bond donors (Lipinski definition) is 0. The summed E-state index contributed by atoms with van der Waals surface area (Å²) in [5, 5.41) is 0.743. The number of halogens is 1. The van der Waals surface area contributed by atoms with Gasteiger partial charge in [0.25, 0.3) is 0 Å². The van der Waals surface area contributed by atoms with Crippen molar-refractivity contribution in [1.29, 1.82) is 0 Å². The van der Waals surface area contributed by atoms with Crippen LogP contribution in [0.3, 0.4) is 0 Å². The van der Waals surface area contributed by atoms with Gasteiger partial charge in [0, 0.05) is 11.1 Å². The maximum atomic E-state index is 11.9. The number of benzene rings is 1. The summed E-state index contributed by atoms with van der Waals surface area (Å²) in [5.41, 5.74) is 2.09. The molecule has 1 aliphatic rings. The van der Waals surface area contributed by atoms with Crippen LogP contribution in [0.15, 0.2) is 35.1 Å². The Hall–Kier alpha value is -1.50. The third kappa shape index (κ3) is 5.03. The number of ether oxygens (including phenoxy) is 1. The molecule has 1 unspecified atom stereocenters. The van der Waals surface area contributed by atoms with Gasteiger partial charge < -0.3 is 19.0 Å². The van der Waals surface area contributed by atoms with Crippen LogP contribution in [0, 0.1) is 5.41 Å². The van der Waals surface area contributed by atoms with Crippen molar-refractivity contribution in [3.63, 3.8) is 0 Å². The maximum Gasteiger partial charge on any atom is 0.337 e. The van der Waals surface area contributed by atoms with E-state index in [9.17, 15) is 4.79 Å². The molecule has 0 bridgehead atoms. The molecule has 2 rings (SSSR count). The van der Waals surface area contributed by atoms with Gasteiger partial charge in [-0.15, -0.1) is 0 Å². The maximum absolute atomic E-state index is 11.9. The van der Waals surface area contributed by atoms with E-state index in [4.69, 9.17) is 20.8 Å². The number of anilines is 1. The highest BCUT2D eigenvalue weighted by Crippen LogP contribution is 2.50. The monoisotopic (exact) mass is 452 g/mol. The van der Waals surface area contributed by atoms with Crippen LogP contribution in [0.5, 0.6) is 0 Å². The minimum absolute atomic E-state index is 0.171. The normalized spacial score (nSPS) is 19.8. The summed E-state index contributed by atoms with van der Waals surface area (Å²) < 4.78 is 11.0. The predicted octanol–water partition coefficient (Wildman–Crippen LogP) is 5.91. The van der Waals surface area contributed by atoms with Gasteiger partial charge in [0.2, 0.25) is 0 Å². The SMILES string of the molecule is CCCCC1(C)N(CO[SiH](C)C)C(Cl)=C(C(C)(C)C)N1c1ccc(C(=O)OC)cc1. The number of allylic oxidation sites excluding steroid dienone is 1. The van der Waals surface area contributed by atoms with Crippen molar-refractivity contribution in [2.75, 3.05) is 18.7 Å². The number of nitrogens with zero attached hydrogens (tertiary/aromatic N) is 2. The smallest absolute Gasteiger partial charge is 0.337 e. The van der Waals surface area contributed by atoms with Crippen LogP contribution in [-0.2, 0) is 9.16 Å². The fourth-order valence-electron chi connectivity index (χ4n) is 3.89.